The first-order chi connectivity index (χ1) is 13.5. The van der Waals surface area contributed by atoms with Crippen LogP contribution in [0.2, 0.25) is 5.02 Å². The number of benzene rings is 2. The molecule has 1 N–H and O–H groups in total. The fourth-order valence-electron chi connectivity index (χ4n) is 2.38. The van der Waals surface area contributed by atoms with Gasteiger partial charge in [0.1, 0.15) is 6.07 Å². The van der Waals surface area contributed by atoms with Crippen LogP contribution in [0, 0.1) is 11.3 Å². The van der Waals surface area contributed by atoms with Crippen LogP contribution in [-0.4, -0.2) is 24.8 Å². The molecule has 8 heteroatoms. The first kappa shape index (κ1) is 19.3. The van der Waals surface area contributed by atoms with Gasteiger partial charge in [-0.3, -0.25) is 4.79 Å². The number of carbonyl (C=O) groups is 2. The van der Waals surface area contributed by atoms with Gasteiger partial charge in [-0.1, -0.05) is 17.7 Å². The molecule has 0 aromatic heterocycles. The summed E-state index contributed by atoms with van der Waals surface area (Å²) in [7, 11) is 0. The van der Waals surface area contributed by atoms with E-state index in [4.69, 9.17) is 31.1 Å². The highest BCUT2D eigenvalue weighted by Crippen LogP contribution is 2.32. The number of nitriles is 1. The average Bonchev–Trinajstić information content (AvgIpc) is 3.14. The molecule has 0 radical (unpaired) electrons. The van der Waals surface area contributed by atoms with Gasteiger partial charge in [0, 0.05) is 11.8 Å². The fourth-order valence-corrected chi connectivity index (χ4v) is 2.60. The number of amides is 1. The summed E-state index contributed by atoms with van der Waals surface area (Å²) < 4.78 is 15.6. The van der Waals surface area contributed by atoms with Gasteiger partial charge in [-0.15, -0.1) is 0 Å². The SMILES string of the molecule is CC(OC(=O)/C=C/c1ccc2c(c1)OCO2)C(=O)Nc1ccc(C#N)c(Cl)c1. The lowest BCUT2D eigenvalue weighted by Crippen LogP contribution is -2.29. The number of nitrogens with one attached hydrogen (secondary N) is 1. The van der Waals surface area contributed by atoms with Gasteiger partial charge >= 0.3 is 5.97 Å². The number of halogens is 1. The van der Waals surface area contributed by atoms with E-state index in [0.717, 1.165) is 5.56 Å². The van der Waals surface area contributed by atoms with Crippen LogP contribution in [0.5, 0.6) is 11.5 Å². The zero-order valence-corrected chi connectivity index (χ0v) is 15.5. The molecule has 0 aliphatic carbocycles. The van der Waals surface area contributed by atoms with Gasteiger partial charge < -0.3 is 19.5 Å². The van der Waals surface area contributed by atoms with E-state index in [2.05, 4.69) is 5.32 Å². The van der Waals surface area contributed by atoms with Crippen molar-refractivity contribution in [3.05, 3.63) is 58.6 Å². The van der Waals surface area contributed by atoms with Crippen molar-refractivity contribution in [2.75, 3.05) is 12.1 Å². The van der Waals surface area contributed by atoms with Gasteiger partial charge in [0.25, 0.3) is 5.91 Å². The van der Waals surface area contributed by atoms with Gasteiger partial charge in [-0.25, -0.2) is 4.79 Å². The fraction of sp³-hybridized carbons (Fsp3) is 0.150. The van der Waals surface area contributed by atoms with Crippen LogP contribution in [0.25, 0.3) is 6.08 Å². The van der Waals surface area contributed by atoms with Gasteiger partial charge in [-0.05, 0) is 48.9 Å². The third kappa shape index (κ3) is 4.61. The van der Waals surface area contributed by atoms with E-state index in [1.54, 1.807) is 24.3 Å². The maximum absolute atomic E-state index is 12.2. The minimum absolute atomic E-state index is 0.168. The topological polar surface area (TPSA) is 97.7 Å². The highest BCUT2D eigenvalue weighted by Gasteiger charge is 2.17. The zero-order valence-electron chi connectivity index (χ0n) is 14.8. The van der Waals surface area contributed by atoms with Crippen LogP contribution in [-0.2, 0) is 14.3 Å². The first-order valence-electron chi connectivity index (χ1n) is 8.25. The van der Waals surface area contributed by atoms with Crippen molar-refractivity contribution >= 4 is 35.2 Å². The Kier molecular flexibility index (Phi) is 5.82. The standard InChI is InChI=1S/C20H15ClN2O5/c1-12(20(25)23-15-5-4-14(10-22)16(21)9-15)28-19(24)7-3-13-2-6-17-18(8-13)27-11-26-17/h2-9,12H,11H2,1H3,(H,23,25)/b7-3+. The van der Waals surface area contributed by atoms with E-state index in [1.165, 1.54) is 31.2 Å². The molecule has 7 nitrogen and oxygen atoms in total. The summed E-state index contributed by atoms with van der Waals surface area (Å²) in [6, 6.07) is 11.6. The van der Waals surface area contributed by atoms with Crippen molar-refractivity contribution < 1.29 is 23.8 Å². The highest BCUT2D eigenvalue weighted by molar-refractivity contribution is 6.32. The molecule has 1 aliphatic rings. The van der Waals surface area contributed by atoms with Gasteiger partial charge in [-0.2, -0.15) is 5.26 Å². The van der Waals surface area contributed by atoms with E-state index in [-0.39, 0.29) is 11.8 Å². The smallest absolute Gasteiger partial charge is 0.331 e. The number of anilines is 1. The summed E-state index contributed by atoms with van der Waals surface area (Å²) in [5.74, 6) is 0.0565. The summed E-state index contributed by atoms with van der Waals surface area (Å²) >= 11 is 5.93. The van der Waals surface area contributed by atoms with E-state index in [1.807, 2.05) is 6.07 Å². The molecule has 28 heavy (non-hydrogen) atoms. The van der Waals surface area contributed by atoms with Crippen molar-refractivity contribution in [1.29, 1.82) is 5.26 Å². The minimum atomic E-state index is -1.02. The van der Waals surface area contributed by atoms with Gasteiger partial charge in [0.05, 0.1) is 10.6 Å². The Bertz CT molecular complexity index is 997. The average molecular weight is 399 g/mol. The Balaban J connectivity index is 1.55. The van der Waals surface area contributed by atoms with Crippen LogP contribution in [0.3, 0.4) is 0 Å². The molecule has 0 saturated carbocycles. The number of rotatable bonds is 5. The quantitative estimate of drug-likeness (QED) is 0.611. The second-order valence-electron chi connectivity index (χ2n) is 5.82. The molecule has 0 saturated heterocycles. The Hall–Kier alpha value is -3.50. The number of esters is 1. The first-order valence-corrected chi connectivity index (χ1v) is 8.63. The molecule has 1 heterocycles. The predicted octanol–water partition coefficient (Wildman–Crippen LogP) is 3.52. The Morgan fingerprint density at radius 2 is 2.04 bits per heavy atom. The summed E-state index contributed by atoms with van der Waals surface area (Å²) in [6.07, 6.45) is 1.75. The summed E-state index contributed by atoms with van der Waals surface area (Å²) in [5, 5.41) is 11.7. The summed E-state index contributed by atoms with van der Waals surface area (Å²) in [4.78, 5) is 24.1. The molecule has 2 aromatic carbocycles. The molecule has 3 rings (SSSR count). The lowest BCUT2D eigenvalue weighted by Gasteiger charge is -2.12. The second kappa shape index (κ2) is 8.46. The molecule has 2 aromatic rings. The monoisotopic (exact) mass is 398 g/mol. The van der Waals surface area contributed by atoms with Crippen LogP contribution in [0.1, 0.15) is 18.1 Å². The van der Waals surface area contributed by atoms with Gasteiger partial charge in [0.15, 0.2) is 17.6 Å². The predicted molar refractivity (Wildman–Crippen MR) is 102 cm³/mol. The van der Waals surface area contributed by atoms with Gasteiger partial charge in [0.2, 0.25) is 6.79 Å². The second-order valence-corrected chi connectivity index (χ2v) is 6.23. The summed E-state index contributed by atoms with van der Waals surface area (Å²) in [6.45, 7) is 1.62. The molecule has 142 valence electrons. The van der Waals surface area contributed by atoms with E-state index >= 15 is 0 Å². The molecule has 0 fully saturated rings. The zero-order chi connectivity index (χ0) is 20.1. The lowest BCUT2D eigenvalue weighted by atomic mass is 10.2. The molecule has 0 spiro atoms. The minimum Gasteiger partial charge on any atom is -0.454 e. The molecule has 1 atom stereocenters. The number of nitrogens with zero attached hydrogens (tertiary/aromatic N) is 1. The Morgan fingerprint density at radius 1 is 1.25 bits per heavy atom. The van der Waals surface area contributed by atoms with E-state index < -0.39 is 18.0 Å². The normalized spacial score (nSPS) is 13.0. The molecule has 1 amide bonds. The molecule has 0 bridgehead atoms. The van der Waals surface area contributed by atoms with Crippen molar-refractivity contribution in [3.8, 4) is 17.6 Å². The largest absolute Gasteiger partial charge is 0.454 e. The number of carbonyl (C=O) groups excluding carboxylic acids is 2. The highest BCUT2D eigenvalue weighted by atomic mass is 35.5. The molecular formula is C20H15ClN2O5. The Morgan fingerprint density at radius 3 is 2.79 bits per heavy atom. The number of hydrogen-bond acceptors (Lipinski definition) is 6. The number of ether oxygens (including phenoxy) is 3. The molecule has 1 unspecified atom stereocenters. The van der Waals surface area contributed by atoms with Crippen LogP contribution >= 0.6 is 11.6 Å². The van der Waals surface area contributed by atoms with Crippen LogP contribution < -0.4 is 14.8 Å². The van der Waals surface area contributed by atoms with Crippen molar-refractivity contribution in [2.24, 2.45) is 0 Å². The maximum atomic E-state index is 12.2. The summed E-state index contributed by atoms with van der Waals surface area (Å²) in [5.41, 5.74) is 1.42. The Labute approximate surface area is 166 Å². The lowest BCUT2D eigenvalue weighted by molar-refractivity contribution is -0.148. The van der Waals surface area contributed by atoms with Crippen LogP contribution in [0.4, 0.5) is 5.69 Å². The maximum Gasteiger partial charge on any atom is 0.331 e. The number of fused-ring (bicyclic) bond motifs is 1. The number of hydrogen-bond donors (Lipinski definition) is 1. The molecular weight excluding hydrogens is 384 g/mol. The third-order valence-electron chi connectivity index (χ3n) is 3.83. The van der Waals surface area contributed by atoms with Crippen molar-refractivity contribution in [2.45, 2.75) is 13.0 Å². The third-order valence-corrected chi connectivity index (χ3v) is 4.14. The van der Waals surface area contributed by atoms with Crippen molar-refractivity contribution in [3.63, 3.8) is 0 Å². The van der Waals surface area contributed by atoms with E-state index in [0.29, 0.717) is 22.7 Å². The van der Waals surface area contributed by atoms with Crippen molar-refractivity contribution in [1.82, 2.24) is 0 Å². The van der Waals surface area contributed by atoms with Crippen LogP contribution in [0.15, 0.2) is 42.5 Å². The molecule has 1 aliphatic heterocycles. The van der Waals surface area contributed by atoms with E-state index in [9.17, 15) is 9.59 Å².